The molecule has 2 N–H and O–H groups in total. The first-order chi connectivity index (χ1) is 12.7. The van der Waals surface area contributed by atoms with Crippen LogP contribution in [0.2, 0.25) is 0 Å². The predicted molar refractivity (Wildman–Crippen MR) is 97.2 cm³/mol. The van der Waals surface area contributed by atoms with Crippen molar-refractivity contribution in [2.75, 3.05) is 30.8 Å². The maximum atomic E-state index is 13.0. The van der Waals surface area contributed by atoms with E-state index in [1.54, 1.807) is 10.7 Å². The predicted octanol–water partition coefficient (Wildman–Crippen LogP) is 2.12. The molecule has 0 aliphatic carbocycles. The van der Waals surface area contributed by atoms with Crippen LogP contribution >= 0.6 is 0 Å². The van der Waals surface area contributed by atoms with Gasteiger partial charge in [0.15, 0.2) is 5.65 Å². The lowest BCUT2D eigenvalue weighted by Gasteiger charge is -2.16. The van der Waals surface area contributed by atoms with Crippen LogP contribution in [-0.4, -0.2) is 51.6 Å². The molecule has 2 aromatic heterocycles. The molecule has 132 valence electrons. The second-order valence-electron chi connectivity index (χ2n) is 6.50. The van der Waals surface area contributed by atoms with E-state index in [4.69, 9.17) is 4.74 Å². The molecule has 1 saturated heterocycles. The van der Waals surface area contributed by atoms with Crippen molar-refractivity contribution in [3.05, 3.63) is 42.1 Å². The topological polar surface area (TPSA) is 83.8 Å². The summed E-state index contributed by atoms with van der Waals surface area (Å²) in [4.78, 5) is 19.5. The Balaban J connectivity index is 1.72. The molecule has 1 atom stereocenters. The molecule has 0 radical (unpaired) electrons. The molecule has 1 fully saturated rings. The molecule has 8 nitrogen and oxygen atoms in total. The quantitative estimate of drug-likeness (QED) is 0.699. The van der Waals surface area contributed by atoms with E-state index in [1.165, 1.54) is 0 Å². The number of aromatic nitrogens is 3. The van der Waals surface area contributed by atoms with E-state index in [0.29, 0.717) is 30.1 Å². The van der Waals surface area contributed by atoms with Crippen molar-refractivity contribution in [2.45, 2.75) is 12.5 Å². The first kappa shape index (κ1) is 15.0. The van der Waals surface area contributed by atoms with Crippen molar-refractivity contribution >= 4 is 28.9 Å². The van der Waals surface area contributed by atoms with Crippen LogP contribution in [0.4, 0.5) is 17.3 Å². The maximum Gasteiger partial charge on any atom is 0.259 e. The van der Waals surface area contributed by atoms with Gasteiger partial charge in [0.25, 0.3) is 5.91 Å². The molecular formula is C18H18N6O2. The molecule has 26 heavy (non-hydrogen) atoms. The fraction of sp³-hybridized carbons (Fsp3) is 0.278. The first-order valence-electron chi connectivity index (χ1n) is 8.61. The zero-order valence-corrected chi connectivity index (χ0v) is 14.3. The van der Waals surface area contributed by atoms with E-state index < -0.39 is 0 Å². The summed E-state index contributed by atoms with van der Waals surface area (Å²) >= 11 is 0. The van der Waals surface area contributed by atoms with Gasteiger partial charge < -0.3 is 20.3 Å². The van der Waals surface area contributed by atoms with Gasteiger partial charge in [-0.05, 0) is 12.1 Å². The lowest BCUT2D eigenvalue weighted by molar-refractivity contribution is 0.0774. The number of benzene rings is 1. The first-order valence-corrected chi connectivity index (χ1v) is 8.61. The number of carbonyl (C=O) groups excluding carboxylic acids is 1. The minimum absolute atomic E-state index is 0.00930. The van der Waals surface area contributed by atoms with Crippen LogP contribution in [0.5, 0.6) is 5.75 Å². The van der Waals surface area contributed by atoms with Crippen molar-refractivity contribution in [3.8, 4) is 5.75 Å². The Kier molecular flexibility index (Phi) is 3.24. The zero-order valence-electron chi connectivity index (χ0n) is 14.3. The molecule has 6 bridgehead atoms. The van der Waals surface area contributed by atoms with E-state index in [0.717, 1.165) is 23.7 Å². The Bertz CT molecular complexity index is 1010. The van der Waals surface area contributed by atoms with Crippen molar-refractivity contribution in [1.29, 1.82) is 0 Å². The average Bonchev–Trinajstić information content (AvgIpc) is 3.27. The van der Waals surface area contributed by atoms with E-state index in [1.807, 2.05) is 42.3 Å². The third kappa shape index (κ3) is 2.33. The molecule has 8 heteroatoms. The Labute approximate surface area is 149 Å². The minimum atomic E-state index is -0.0660. The fourth-order valence-corrected chi connectivity index (χ4v) is 3.52. The summed E-state index contributed by atoms with van der Waals surface area (Å²) in [5.41, 5.74) is 1.91. The highest BCUT2D eigenvalue weighted by Gasteiger charge is 2.30. The Morgan fingerprint density at radius 2 is 2.27 bits per heavy atom. The van der Waals surface area contributed by atoms with Crippen molar-refractivity contribution < 1.29 is 9.53 Å². The number of amides is 1. The van der Waals surface area contributed by atoms with Crippen LogP contribution in [0.25, 0.3) is 5.65 Å². The van der Waals surface area contributed by atoms with E-state index in [9.17, 15) is 4.79 Å². The maximum absolute atomic E-state index is 13.0. The summed E-state index contributed by atoms with van der Waals surface area (Å²) < 4.78 is 7.73. The molecule has 2 aliphatic rings. The van der Waals surface area contributed by atoms with Gasteiger partial charge in [-0.1, -0.05) is 6.07 Å². The van der Waals surface area contributed by atoms with Crippen LogP contribution in [-0.2, 0) is 0 Å². The number of ether oxygens (including phenoxy) is 1. The smallest absolute Gasteiger partial charge is 0.259 e. The van der Waals surface area contributed by atoms with Gasteiger partial charge in [0.1, 0.15) is 29.1 Å². The Morgan fingerprint density at radius 3 is 3.15 bits per heavy atom. The van der Waals surface area contributed by atoms with Gasteiger partial charge in [0.05, 0.1) is 12.7 Å². The van der Waals surface area contributed by atoms with Crippen molar-refractivity contribution in [3.63, 3.8) is 0 Å². The highest BCUT2D eigenvalue weighted by molar-refractivity contribution is 6.00. The van der Waals surface area contributed by atoms with Gasteiger partial charge in [-0.15, -0.1) is 0 Å². The van der Waals surface area contributed by atoms with Crippen LogP contribution in [0.3, 0.4) is 0 Å². The Hall–Kier alpha value is -3.29. The van der Waals surface area contributed by atoms with Crippen LogP contribution in [0.1, 0.15) is 16.8 Å². The second kappa shape index (κ2) is 5.62. The number of anilines is 3. The number of nitrogens with zero attached hydrogens (tertiary/aromatic N) is 4. The molecule has 4 heterocycles. The number of hydrogen-bond acceptors (Lipinski definition) is 6. The van der Waals surface area contributed by atoms with Gasteiger partial charge in [0, 0.05) is 37.8 Å². The molecule has 1 amide bonds. The molecular weight excluding hydrogens is 332 g/mol. The summed E-state index contributed by atoms with van der Waals surface area (Å²) in [6, 6.07) is 9.63. The molecule has 1 aromatic carbocycles. The zero-order chi connectivity index (χ0) is 17.7. The fourth-order valence-electron chi connectivity index (χ4n) is 3.52. The van der Waals surface area contributed by atoms with Gasteiger partial charge in [0.2, 0.25) is 0 Å². The second-order valence-corrected chi connectivity index (χ2v) is 6.50. The monoisotopic (exact) mass is 350 g/mol. The number of fused-ring (bicyclic) bond motifs is 5. The number of rotatable bonds is 1. The summed E-state index contributed by atoms with van der Waals surface area (Å²) in [5, 5.41) is 10.7. The van der Waals surface area contributed by atoms with Crippen molar-refractivity contribution in [1.82, 2.24) is 19.5 Å². The van der Waals surface area contributed by atoms with Crippen molar-refractivity contribution in [2.24, 2.45) is 0 Å². The normalized spacial score (nSPS) is 18.7. The summed E-state index contributed by atoms with van der Waals surface area (Å²) in [5.74, 6) is 2.10. The van der Waals surface area contributed by atoms with Gasteiger partial charge in [-0.25, -0.2) is 4.98 Å². The largest absolute Gasteiger partial charge is 0.488 e. The number of hydrogen-bond donors (Lipinski definition) is 2. The Morgan fingerprint density at radius 1 is 1.35 bits per heavy atom. The summed E-state index contributed by atoms with van der Waals surface area (Å²) in [6.07, 6.45) is 2.39. The van der Waals surface area contributed by atoms with Crippen LogP contribution in [0.15, 0.2) is 36.5 Å². The average molecular weight is 350 g/mol. The van der Waals surface area contributed by atoms with E-state index in [2.05, 4.69) is 20.7 Å². The summed E-state index contributed by atoms with van der Waals surface area (Å²) in [7, 11) is 1.81. The number of nitrogens with one attached hydrogen (secondary N) is 2. The minimum Gasteiger partial charge on any atom is -0.488 e. The third-order valence-corrected chi connectivity index (χ3v) is 4.80. The van der Waals surface area contributed by atoms with E-state index >= 15 is 0 Å². The molecule has 0 spiro atoms. The third-order valence-electron chi connectivity index (χ3n) is 4.80. The highest BCUT2D eigenvalue weighted by atomic mass is 16.5. The summed E-state index contributed by atoms with van der Waals surface area (Å²) in [6.45, 7) is 1.23. The lowest BCUT2D eigenvalue weighted by atomic mass is 10.2. The molecule has 0 unspecified atom stereocenters. The van der Waals surface area contributed by atoms with Gasteiger partial charge >= 0.3 is 0 Å². The van der Waals surface area contributed by atoms with Gasteiger partial charge in [-0.2, -0.15) is 9.61 Å². The molecule has 5 rings (SSSR count). The standard InChI is InChI=1S/C18H18N6O2/c1-19-16-8-15-21-11-3-2-4-12(7-11)26-13-5-6-23(10-13)18(25)14-9-20-24(16)17(14)22-15/h2-4,7-9,13,19H,5-6,10H2,1H3,(H,21,22)/t13-/m1/s1. The van der Waals surface area contributed by atoms with Crippen LogP contribution in [0, 0.1) is 0 Å². The number of carbonyl (C=O) groups is 1. The van der Waals surface area contributed by atoms with Gasteiger partial charge in [-0.3, -0.25) is 4.79 Å². The highest BCUT2D eigenvalue weighted by Crippen LogP contribution is 2.28. The van der Waals surface area contributed by atoms with E-state index in [-0.39, 0.29) is 12.0 Å². The lowest BCUT2D eigenvalue weighted by Crippen LogP contribution is -2.31. The molecule has 2 aliphatic heterocycles. The molecule has 0 saturated carbocycles. The SMILES string of the molecule is CNc1cc2nc3c(cnn13)C(=O)N1CC[C@H](C1)Oc1cccc(c1)N2. The van der Waals surface area contributed by atoms with Crippen LogP contribution < -0.4 is 15.4 Å². The molecule has 3 aromatic rings.